The third kappa shape index (κ3) is 6.61. The Bertz CT molecular complexity index is 512. The highest BCUT2D eigenvalue weighted by Crippen LogP contribution is 2.22. The first-order valence-corrected chi connectivity index (χ1v) is 7.43. The SMILES string of the molecule is Cc1cccc(C)c1OC(=O)CCCNC(=O)OC(C)(C)C. The number of hydrogen-bond acceptors (Lipinski definition) is 4. The molecule has 5 nitrogen and oxygen atoms in total. The van der Waals surface area contributed by atoms with Crippen molar-refractivity contribution in [3.05, 3.63) is 29.3 Å². The van der Waals surface area contributed by atoms with E-state index in [0.29, 0.717) is 18.7 Å². The first-order chi connectivity index (χ1) is 10.2. The highest BCUT2D eigenvalue weighted by molar-refractivity contribution is 5.73. The number of carbonyl (C=O) groups excluding carboxylic acids is 2. The Hall–Kier alpha value is -2.04. The average molecular weight is 307 g/mol. The smallest absolute Gasteiger partial charge is 0.407 e. The molecule has 22 heavy (non-hydrogen) atoms. The number of benzene rings is 1. The second-order valence-corrected chi connectivity index (χ2v) is 6.23. The van der Waals surface area contributed by atoms with Gasteiger partial charge in [-0.2, -0.15) is 0 Å². The number of esters is 1. The van der Waals surface area contributed by atoms with Gasteiger partial charge in [0.1, 0.15) is 11.4 Å². The van der Waals surface area contributed by atoms with Gasteiger partial charge in [0.25, 0.3) is 0 Å². The zero-order valence-electron chi connectivity index (χ0n) is 14.0. The number of hydrogen-bond donors (Lipinski definition) is 1. The summed E-state index contributed by atoms with van der Waals surface area (Å²) in [6.07, 6.45) is 0.266. The minimum absolute atomic E-state index is 0.240. The zero-order chi connectivity index (χ0) is 16.8. The molecule has 122 valence electrons. The Morgan fingerprint density at radius 2 is 1.73 bits per heavy atom. The molecule has 0 saturated heterocycles. The van der Waals surface area contributed by atoms with Gasteiger partial charge in [0, 0.05) is 13.0 Å². The first-order valence-electron chi connectivity index (χ1n) is 7.43. The fourth-order valence-corrected chi connectivity index (χ4v) is 1.86. The van der Waals surface area contributed by atoms with Crippen molar-refractivity contribution in [2.45, 2.75) is 53.1 Å². The average Bonchev–Trinajstić information content (AvgIpc) is 2.37. The minimum Gasteiger partial charge on any atom is -0.444 e. The van der Waals surface area contributed by atoms with E-state index in [1.165, 1.54) is 0 Å². The predicted molar refractivity (Wildman–Crippen MR) is 85.0 cm³/mol. The summed E-state index contributed by atoms with van der Waals surface area (Å²) in [6.45, 7) is 9.58. The third-order valence-corrected chi connectivity index (χ3v) is 2.85. The van der Waals surface area contributed by atoms with Crippen molar-refractivity contribution in [1.29, 1.82) is 0 Å². The van der Waals surface area contributed by atoms with E-state index < -0.39 is 11.7 Å². The summed E-state index contributed by atoms with van der Waals surface area (Å²) < 4.78 is 10.5. The minimum atomic E-state index is -0.522. The number of amides is 1. The molecule has 1 rings (SSSR count). The maximum Gasteiger partial charge on any atom is 0.407 e. The highest BCUT2D eigenvalue weighted by atomic mass is 16.6. The molecule has 1 amide bonds. The molecule has 0 atom stereocenters. The van der Waals surface area contributed by atoms with E-state index in [0.717, 1.165) is 11.1 Å². The fraction of sp³-hybridized carbons (Fsp3) is 0.529. The second kappa shape index (κ2) is 7.82. The zero-order valence-corrected chi connectivity index (χ0v) is 14.0. The van der Waals surface area contributed by atoms with Crippen LogP contribution in [0.2, 0.25) is 0 Å². The van der Waals surface area contributed by atoms with Gasteiger partial charge in [0.05, 0.1) is 0 Å². The van der Waals surface area contributed by atoms with E-state index in [1.54, 1.807) is 20.8 Å². The molecule has 1 aromatic carbocycles. The number of carbonyl (C=O) groups is 2. The van der Waals surface area contributed by atoms with Crippen molar-refractivity contribution in [3.8, 4) is 5.75 Å². The molecule has 1 aromatic rings. The molecular weight excluding hydrogens is 282 g/mol. The summed E-state index contributed by atoms with van der Waals surface area (Å²) >= 11 is 0. The van der Waals surface area contributed by atoms with E-state index in [9.17, 15) is 9.59 Å². The number of alkyl carbamates (subject to hydrolysis) is 1. The van der Waals surface area contributed by atoms with Crippen molar-refractivity contribution in [1.82, 2.24) is 5.32 Å². The lowest BCUT2D eigenvalue weighted by atomic mass is 10.1. The maximum absolute atomic E-state index is 11.8. The largest absolute Gasteiger partial charge is 0.444 e. The van der Waals surface area contributed by atoms with Crippen LogP contribution in [0.5, 0.6) is 5.75 Å². The topological polar surface area (TPSA) is 64.6 Å². The van der Waals surface area contributed by atoms with Crippen LogP contribution in [0.3, 0.4) is 0 Å². The molecule has 0 unspecified atom stereocenters. The number of para-hydroxylation sites is 1. The van der Waals surface area contributed by atoms with Crippen molar-refractivity contribution in [2.24, 2.45) is 0 Å². The monoisotopic (exact) mass is 307 g/mol. The van der Waals surface area contributed by atoms with Crippen LogP contribution in [-0.2, 0) is 9.53 Å². The molecule has 0 saturated carbocycles. The summed E-state index contributed by atoms with van der Waals surface area (Å²) in [6, 6.07) is 5.73. The van der Waals surface area contributed by atoms with Crippen LogP contribution in [-0.4, -0.2) is 24.2 Å². The van der Waals surface area contributed by atoms with E-state index in [2.05, 4.69) is 5.32 Å². The Labute approximate surface area is 132 Å². The van der Waals surface area contributed by atoms with Crippen molar-refractivity contribution < 1.29 is 19.1 Å². The molecule has 0 aliphatic heterocycles. The molecule has 0 radical (unpaired) electrons. The van der Waals surface area contributed by atoms with Crippen LogP contribution in [0.25, 0.3) is 0 Å². The molecule has 0 spiro atoms. The van der Waals surface area contributed by atoms with Gasteiger partial charge < -0.3 is 14.8 Å². The standard InChI is InChI=1S/C17H25NO4/c1-12-8-6-9-13(2)15(12)21-14(19)10-7-11-18-16(20)22-17(3,4)5/h6,8-9H,7,10-11H2,1-5H3,(H,18,20). The molecule has 5 heteroatoms. The molecular formula is C17H25NO4. The van der Waals surface area contributed by atoms with Crippen LogP contribution >= 0.6 is 0 Å². The van der Waals surface area contributed by atoms with Crippen molar-refractivity contribution >= 4 is 12.1 Å². The molecule has 0 aliphatic carbocycles. The van der Waals surface area contributed by atoms with Crippen LogP contribution < -0.4 is 10.1 Å². The Kier molecular flexibility index (Phi) is 6.40. The van der Waals surface area contributed by atoms with Crippen LogP contribution in [0.15, 0.2) is 18.2 Å². The highest BCUT2D eigenvalue weighted by Gasteiger charge is 2.15. The summed E-state index contributed by atoms with van der Waals surface area (Å²) in [4.78, 5) is 23.3. The predicted octanol–water partition coefficient (Wildman–Crippen LogP) is 3.51. The molecule has 0 aliphatic rings. The van der Waals surface area contributed by atoms with E-state index in [-0.39, 0.29) is 12.4 Å². The fourth-order valence-electron chi connectivity index (χ4n) is 1.86. The van der Waals surface area contributed by atoms with Gasteiger partial charge in [-0.15, -0.1) is 0 Å². The van der Waals surface area contributed by atoms with E-state index in [4.69, 9.17) is 9.47 Å². The normalized spacial score (nSPS) is 11.0. The first kappa shape index (κ1) is 18.0. The molecule has 0 aromatic heterocycles. The Morgan fingerprint density at radius 3 is 2.27 bits per heavy atom. The van der Waals surface area contributed by atoms with Gasteiger partial charge in [-0.25, -0.2) is 4.79 Å². The summed E-state index contributed by atoms with van der Waals surface area (Å²) in [5, 5.41) is 2.61. The Balaban J connectivity index is 2.31. The summed E-state index contributed by atoms with van der Waals surface area (Å²) in [5.41, 5.74) is 1.34. The van der Waals surface area contributed by atoms with Gasteiger partial charge in [-0.3, -0.25) is 4.79 Å². The Morgan fingerprint density at radius 1 is 1.14 bits per heavy atom. The van der Waals surface area contributed by atoms with E-state index >= 15 is 0 Å². The summed E-state index contributed by atoms with van der Waals surface area (Å²) in [5.74, 6) is 0.316. The van der Waals surface area contributed by atoms with Crippen molar-refractivity contribution in [2.75, 3.05) is 6.54 Å². The van der Waals surface area contributed by atoms with Crippen LogP contribution in [0.1, 0.15) is 44.7 Å². The van der Waals surface area contributed by atoms with Crippen LogP contribution in [0.4, 0.5) is 4.79 Å². The van der Waals surface area contributed by atoms with Crippen LogP contribution in [0, 0.1) is 13.8 Å². The lowest BCUT2D eigenvalue weighted by Gasteiger charge is -2.19. The van der Waals surface area contributed by atoms with Gasteiger partial charge in [0.15, 0.2) is 0 Å². The van der Waals surface area contributed by atoms with Crippen molar-refractivity contribution in [3.63, 3.8) is 0 Å². The number of ether oxygens (including phenoxy) is 2. The lowest BCUT2D eigenvalue weighted by Crippen LogP contribution is -2.33. The molecule has 0 fully saturated rings. The number of aryl methyl sites for hydroxylation is 2. The van der Waals surface area contributed by atoms with Gasteiger partial charge in [-0.1, -0.05) is 18.2 Å². The number of rotatable bonds is 5. The summed E-state index contributed by atoms with van der Waals surface area (Å²) in [7, 11) is 0. The van der Waals surface area contributed by atoms with Gasteiger partial charge in [0.2, 0.25) is 0 Å². The van der Waals surface area contributed by atoms with Gasteiger partial charge in [-0.05, 0) is 52.2 Å². The molecule has 0 heterocycles. The van der Waals surface area contributed by atoms with Gasteiger partial charge >= 0.3 is 12.1 Å². The number of nitrogens with one attached hydrogen (secondary N) is 1. The molecule has 0 bridgehead atoms. The van der Waals surface area contributed by atoms with E-state index in [1.807, 2.05) is 32.0 Å². The quantitative estimate of drug-likeness (QED) is 0.513. The second-order valence-electron chi connectivity index (χ2n) is 6.23. The third-order valence-electron chi connectivity index (χ3n) is 2.85. The maximum atomic E-state index is 11.8. The lowest BCUT2D eigenvalue weighted by molar-refractivity contribution is -0.134. The molecule has 1 N–H and O–H groups in total.